The number of hydrogen-bond donors (Lipinski definition) is 0. The first-order chi connectivity index (χ1) is 7.66. The fourth-order valence-electron chi connectivity index (χ4n) is 1.56. The molecule has 0 unspecified atom stereocenters. The predicted octanol–water partition coefficient (Wildman–Crippen LogP) is 2.57. The number of aromatic nitrogens is 2. The molecule has 2 rings (SSSR count). The molecule has 4 heteroatoms. The number of aryl methyl sites for hydroxylation is 3. The molecule has 0 aliphatic heterocycles. The number of ether oxygens (including phenoxy) is 1. The summed E-state index contributed by atoms with van der Waals surface area (Å²) in [5.41, 5.74) is 2.22. The molecule has 16 heavy (non-hydrogen) atoms. The average Bonchev–Trinajstić information content (AvgIpc) is 2.63. The Labute approximate surface area is 94.2 Å². The van der Waals surface area contributed by atoms with Crippen molar-refractivity contribution in [1.82, 2.24) is 10.1 Å². The quantitative estimate of drug-likeness (QED) is 0.794. The van der Waals surface area contributed by atoms with E-state index in [1.54, 1.807) is 6.92 Å². The van der Waals surface area contributed by atoms with E-state index in [0.29, 0.717) is 18.3 Å². The second-order valence-electron chi connectivity index (χ2n) is 3.74. The number of nitrogens with zero attached hydrogens (tertiary/aromatic N) is 2. The molecule has 0 aliphatic rings. The molecule has 0 spiro atoms. The van der Waals surface area contributed by atoms with Gasteiger partial charge in [0.1, 0.15) is 5.75 Å². The van der Waals surface area contributed by atoms with Gasteiger partial charge in [-0.25, -0.2) is 0 Å². The highest BCUT2D eigenvalue weighted by molar-refractivity contribution is 5.39. The van der Waals surface area contributed by atoms with Gasteiger partial charge in [-0.3, -0.25) is 0 Å². The van der Waals surface area contributed by atoms with E-state index in [9.17, 15) is 0 Å². The maximum atomic E-state index is 5.68. The molecule has 0 radical (unpaired) electrons. The third kappa shape index (κ3) is 2.21. The van der Waals surface area contributed by atoms with Crippen LogP contribution in [0.3, 0.4) is 0 Å². The number of rotatable bonds is 3. The molecule has 0 saturated carbocycles. The van der Waals surface area contributed by atoms with E-state index in [1.165, 1.54) is 0 Å². The lowest BCUT2D eigenvalue weighted by molar-refractivity contribution is 0.282. The molecule has 0 N–H and O–H groups in total. The van der Waals surface area contributed by atoms with Gasteiger partial charge in [-0.1, -0.05) is 23.4 Å². The zero-order chi connectivity index (χ0) is 11.5. The van der Waals surface area contributed by atoms with Crippen molar-refractivity contribution in [3.05, 3.63) is 41.0 Å². The van der Waals surface area contributed by atoms with E-state index in [4.69, 9.17) is 9.26 Å². The summed E-state index contributed by atoms with van der Waals surface area (Å²) in [5, 5.41) is 3.78. The first-order valence-corrected chi connectivity index (χ1v) is 5.15. The van der Waals surface area contributed by atoms with Crippen LogP contribution in [0.5, 0.6) is 5.75 Å². The van der Waals surface area contributed by atoms with Crippen LogP contribution in [-0.2, 0) is 6.61 Å². The Kier molecular flexibility index (Phi) is 2.90. The van der Waals surface area contributed by atoms with Crippen LogP contribution in [0.4, 0.5) is 0 Å². The largest absolute Gasteiger partial charge is 0.485 e. The van der Waals surface area contributed by atoms with Crippen molar-refractivity contribution in [3.8, 4) is 5.75 Å². The van der Waals surface area contributed by atoms with Crippen LogP contribution in [0, 0.1) is 20.8 Å². The minimum absolute atomic E-state index is 0.336. The van der Waals surface area contributed by atoms with Crippen LogP contribution >= 0.6 is 0 Å². The van der Waals surface area contributed by atoms with Gasteiger partial charge in [0.15, 0.2) is 6.61 Å². The Balaban J connectivity index is 2.10. The van der Waals surface area contributed by atoms with E-state index < -0.39 is 0 Å². The van der Waals surface area contributed by atoms with E-state index in [2.05, 4.69) is 10.1 Å². The molecule has 1 aromatic heterocycles. The molecule has 0 atom stereocenters. The van der Waals surface area contributed by atoms with Crippen LogP contribution < -0.4 is 4.74 Å². The fraction of sp³-hybridized carbons (Fsp3) is 0.333. The van der Waals surface area contributed by atoms with Crippen LogP contribution in [0.1, 0.15) is 22.8 Å². The monoisotopic (exact) mass is 218 g/mol. The maximum absolute atomic E-state index is 5.68. The van der Waals surface area contributed by atoms with Crippen LogP contribution in [0.25, 0.3) is 0 Å². The van der Waals surface area contributed by atoms with Crippen molar-refractivity contribution < 1.29 is 9.26 Å². The molecule has 84 valence electrons. The summed E-state index contributed by atoms with van der Waals surface area (Å²) >= 11 is 0. The summed E-state index contributed by atoms with van der Waals surface area (Å²) in [6, 6.07) is 6.05. The van der Waals surface area contributed by atoms with E-state index >= 15 is 0 Å². The summed E-state index contributed by atoms with van der Waals surface area (Å²) in [5.74, 6) is 2.02. The van der Waals surface area contributed by atoms with Crippen molar-refractivity contribution in [3.63, 3.8) is 0 Å². The molecule has 2 aromatic rings. The molecule has 4 nitrogen and oxygen atoms in total. The Morgan fingerprint density at radius 2 is 1.88 bits per heavy atom. The molecule has 0 saturated heterocycles. The Morgan fingerprint density at radius 3 is 2.44 bits per heavy atom. The van der Waals surface area contributed by atoms with Crippen LogP contribution in [0.15, 0.2) is 22.7 Å². The Hall–Kier alpha value is -1.84. The van der Waals surface area contributed by atoms with Gasteiger partial charge in [0.25, 0.3) is 0 Å². The van der Waals surface area contributed by atoms with Gasteiger partial charge in [0.05, 0.1) is 0 Å². The molecule has 0 amide bonds. The Morgan fingerprint density at radius 1 is 1.19 bits per heavy atom. The fourth-order valence-corrected chi connectivity index (χ4v) is 1.56. The van der Waals surface area contributed by atoms with Crippen LogP contribution in [0.2, 0.25) is 0 Å². The average molecular weight is 218 g/mol. The van der Waals surface area contributed by atoms with Gasteiger partial charge in [0, 0.05) is 6.92 Å². The zero-order valence-corrected chi connectivity index (χ0v) is 9.65. The highest BCUT2D eigenvalue weighted by Crippen LogP contribution is 2.22. The minimum Gasteiger partial charge on any atom is -0.485 e. The number of benzene rings is 1. The summed E-state index contributed by atoms with van der Waals surface area (Å²) in [6.07, 6.45) is 0. The highest BCUT2D eigenvalue weighted by atomic mass is 16.5. The first-order valence-electron chi connectivity index (χ1n) is 5.15. The van der Waals surface area contributed by atoms with Gasteiger partial charge in [0.2, 0.25) is 11.7 Å². The van der Waals surface area contributed by atoms with Gasteiger partial charge < -0.3 is 9.26 Å². The number of para-hydroxylation sites is 1. The molecular weight excluding hydrogens is 204 g/mol. The standard InChI is InChI=1S/C12H14N2O2/c1-8-5-4-6-9(2)12(8)15-7-11-13-10(3)16-14-11/h4-6H,7H2,1-3H3. The molecule has 0 bridgehead atoms. The van der Waals surface area contributed by atoms with Crippen molar-refractivity contribution in [1.29, 1.82) is 0 Å². The smallest absolute Gasteiger partial charge is 0.223 e. The van der Waals surface area contributed by atoms with E-state index in [1.807, 2.05) is 32.0 Å². The van der Waals surface area contributed by atoms with Crippen molar-refractivity contribution in [2.24, 2.45) is 0 Å². The van der Waals surface area contributed by atoms with Crippen molar-refractivity contribution in [2.75, 3.05) is 0 Å². The van der Waals surface area contributed by atoms with Crippen molar-refractivity contribution in [2.45, 2.75) is 27.4 Å². The van der Waals surface area contributed by atoms with Gasteiger partial charge in [-0.2, -0.15) is 4.98 Å². The maximum Gasteiger partial charge on any atom is 0.223 e. The second-order valence-corrected chi connectivity index (χ2v) is 3.74. The molecular formula is C12H14N2O2. The summed E-state index contributed by atoms with van der Waals surface area (Å²) < 4.78 is 10.6. The normalized spacial score (nSPS) is 10.4. The van der Waals surface area contributed by atoms with Crippen molar-refractivity contribution >= 4 is 0 Å². The molecule has 1 heterocycles. The minimum atomic E-state index is 0.336. The molecule has 1 aromatic carbocycles. The topological polar surface area (TPSA) is 48.2 Å². The zero-order valence-electron chi connectivity index (χ0n) is 9.65. The third-order valence-electron chi connectivity index (χ3n) is 2.32. The van der Waals surface area contributed by atoms with Gasteiger partial charge in [-0.05, 0) is 25.0 Å². The van der Waals surface area contributed by atoms with Gasteiger partial charge >= 0.3 is 0 Å². The Bertz CT molecular complexity index is 471. The van der Waals surface area contributed by atoms with Crippen LogP contribution in [-0.4, -0.2) is 10.1 Å². The summed E-state index contributed by atoms with van der Waals surface area (Å²) in [6.45, 7) is 6.13. The summed E-state index contributed by atoms with van der Waals surface area (Å²) in [7, 11) is 0. The van der Waals surface area contributed by atoms with Gasteiger partial charge in [-0.15, -0.1) is 0 Å². The second kappa shape index (κ2) is 4.35. The predicted molar refractivity (Wildman–Crippen MR) is 59.3 cm³/mol. The summed E-state index contributed by atoms with van der Waals surface area (Å²) in [4.78, 5) is 4.08. The lowest BCUT2D eigenvalue weighted by Gasteiger charge is -2.09. The van der Waals surface area contributed by atoms with E-state index in [-0.39, 0.29) is 0 Å². The highest BCUT2D eigenvalue weighted by Gasteiger charge is 2.06. The SMILES string of the molecule is Cc1nc(COc2c(C)cccc2C)no1. The van der Waals surface area contributed by atoms with E-state index in [0.717, 1.165) is 16.9 Å². The third-order valence-corrected chi connectivity index (χ3v) is 2.32. The lowest BCUT2D eigenvalue weighted by atomic mass is 10.1. The molecule has 0 aliphatic carbocycles. The molecule has 0 fully saturated rings. The first kappa shape index (κ1) is 10.7. The number of hydrogen-bond acceptors (Lipinski definition) is 4. The lowest BCUT2D eigenvalue weighted by Crippen LogP contribution is -2.00.